The zero-order valence-corrected chi connectivity index (χ0v) is 19.5. The number of ether oxygens (including phenoxy) is 1. The van der Waals surface area contributed by atoms with E-state index in [0.29, 0.717) is 16.3 Å². The lowest BCUT2D eigenvalue weighted by Crippen LogP contribution is -2.43. The Morgan fingerprint density at radius 3 is 2.77 bits per heavy atom. The second-order valence-electron chi connectivity index (χ2n) is 8.01. The number of rotatable bonds is 4. The zero-order chi connectivity index (χ0) is 22.1. The number of carbonyl (C=O) groups excluding carboxylic acids is 2. The minimum absolute atomic E-state index is 0.101. The first-order chi connectivity index (χ1) is 14.9. The lowest BCUT2D eigenvalue weighted by molar-refractivity contribution is -0.136. The van der Waals surface area contributed by atoms with Crippen molar-refractivity contribution in [3.63, 3.8) is 0 Å². The van der Waals surface area contributed by atoms with Crippen LogP contribution >= 0.6 is 23.4 Å². The van der Waals surface area contributed by atoms with Crippen molar-refractivity contribution in [2.75, 3.05) is 13.7 Å². The molecule has 3 aliphatic rings. The molecule has 2 atom stereocenters. The number of amides is 1. The normalized spacial score (nSPS) is 23.4. The van der Waals surface area contributed by atoms with Gasteiger partial charge in [0.1, 0.15) is 0 Å². The Labute approximate surface area is 192 Å². The molecule has 3 aliphatic heterocycles. The Balaban J connectivity index is 1.71. The summed E-state index contributed by atoms with van der Waals surface area (Å²) < 4.78 is 5.09. The van der Waals surface area contributed by atoms with Gasteiger partial charge in [0.05, 0.1) is 30.8 Å². The number of likely N-dealkylation sites (tertiary alicyclic amines) is 1. The smallest absolute Gasteiger partial charge is 0.338 e. The lowest BCUT2D eigenvalue weighted by Gasteiger charge is -2.38. The number of hydrogen-bond acceptors (Lipinski definition) is 6. The SMILES string of the molecule is COC(=O)C1=C(C)N=C2SC=C(CC(=O)N3CCCC[C@@H]3C)N2[C@H]1c1ccccc1Cl. The maximum Gasteiger partial charge on any atom is 0.338 e. The largest absolute Gasteiger partial charge is 0.466 e. The summed E-state index contributed by atoms with van der Waals surface area (Å²) in [6.07, 6.45) is 3.49. The highest BCUT2D eigenvalue weighted by molar-refractivity contribution is 8.16. The van der Waals surface area contributed by atoms with Crippen molar-refractivity contribution in [3.8, 4) is 0 Å². The van der Waals surface area contributed by atoms with E-state index in [9.17, 15) is 9.59 Å². The fraction of sp³-hybridized carbons (Fsp3) is 0.435. The average molecular weight is 460 g/mol. The van der Waals surface area contributed by atoms with E-state index < -0.39 is 12.0 Å². The van der Waals surface area contributed by atoms with Gasteiger partial charge in [-0.1, -0.05) is 41.6 Å². The number of halogens is 1. The first-order valence-corrected chi connectivity index (χ1v) is 11.7. The Hall–Kier alpha value is -2.25. The number of thioether (sulfide) groups is 1. The number of piperidine rings is 1. The molecule has 0 N–H and O–H groups in total. The van der Waals surface area contributed by atoms with Crippen molar-refractivity contribution in [2.45, 2.75) is 51.6 Å². The summed E-state index contributed by atoms with van der Waals surface area (Å²) >= 11 is 8.03. The molecular formula is C23H26ClN3O3S. The standard InChI is InChI=1S/C23H26ClN3O3S/c1-14-8-6-7-11-26(14)19(28)12-16-13-31-23-25-15(2)20(22(29)30-3)21(27(16)23)17-9-4-5-10-18(17)24/h4-5,9-10,13-14,21H,6-8,11-12H2,1-3H3/t14-,21-/m0/s1. The number of hydrogen-bond donors (Lipinski definition) is 0. The van der Waals surface area contributed by atoms with Gasteiger partial charge in [-0.25, -0.2) is 9.79 Å². The predicted octanol–water partition coefficient (Wildman–Crippen LogP) is 4.88. The molecule has 0 spiro atoms. The number of allylic oxidation sites excluding steroid dienone is 1. The number of esters is 1. The molecule has 0 radical (unpaired) electrons. The van der Waals surface area contributed by atoms with E-state index in [2.05, 4.69) is 11.9 Å². The molecule has 1 aromatic carbocycles. The lowest BCUT2D eigenvalue weighted by atomic mass is 9.93. The minimum Gasteiger partial charge on any atom is -0.466 e. The van der Waals surface area contributed by atoms with Gasteiger partial charge in [-0.3, -0.25) is 4.79 Å². The van der Waals surface area contributed by atoms with Gasteiger partial charge in [0.2, 0.25) is 5.91 Å². The average Bonchev–Trinajstić information content (AvgIpc) is 3.15. The van der Waals surface area contributed by atoms with E-state index in [1.54, 1.807) is 13.0 Å². The van der Waals surface area contributed by atoms with Crippen LogP contribution < -0.4 is 0 Å². The van der Waals surface area contributed by atoms with Gasteiger partial charge in [-0.2, -0.15) is 0 Å². The molecule has 3 heterocycles. The summed E-state index contributed by atoms with van der Waals surface area (Å²) in [6.45, 7) is 4.71. The summed E-state index contributed by atoms with van der Waals surface area (Å²) in [4.78, 5) is 34.5. The van der Waals surface area contributed by atoms with Crippen LogP contribution in [0.2, 0.25) is 5.02 Å². The third-order valence-electron chi connectivity index (χ3n) is 6.06. The van der Waals surface area contributed by atoms with Crippen LogP contribution in [0.1, 0.15) is 51.1 Å². The number of fused-ring (bicyclic) bond motifs is 1. The van der Waals surface area contributed by atoms with Gasteiger partial charge in [0.15, 0.2) is 5.17 Å². The predicted molar refractivity (Wildman–Crippen MR) is 124 cm³/mol. The minimum atomic E-state index is -0.499. The van der Waals surface area contributed by atoms with Crippen LogP contribution in [-0.4, -0.2) is 46.5 Å². The number of carbonyl (C=O) groups is 2. The topological polar surface area (TPSA) is 62.2 Å². The summed E-state index contributed by atoms with van der Waals surface area (Å²) in [5.41, 5.74) is 2.64. The highest BCUT2D eigenvalue weighted by Crippen LogP contribution is 2.46. The molecule has 31 heavy (non-hydrogen) atoms. The Kier molecular flexibility index (Phi) is 6.44. The van der Waals surface area contributed by atoms with Gasteiger partial charge in [-0.05, 0) is 50.1 Å². The molecule has 0 bridgehead atoms. The van der Waals surface area contributed by atoms with E-state index in [-0.39, 0.29) is 18.4 Å². The molecule has 0 aromatic heterocycles. The molecule has 0 saturated carbocycles. The van der Waals surface area contributed by atoms with Gasteiger partial charge < -0.3 is 14.5 Å². The summed E-state index contributed by atoms with van der Waals surface area (Å²) in [7, 11) is 1.36. The fourth-order valence-corrected chi connectivity index (χ4v) is 5.66. The van der Waals surface area contributed by atoms with Gasteiger partial charge >= 0.3 is 5.97 Å². The molecule has 1 aromatic rings. The van der Waals surface area contributed by atoms with E-state index in [4.69, 9.17) is 16.3 Å². The second-order valence-corrected chi connectivity index (χ2v) is 9.26. The highest BCUT2D eigenvalue weighted by Gasteiger charge is 2.42. The number of amidine groups is 1. The molecule has 4 rings (SSSR count). The molecule has 1 saturated heterocycles. The number of methoxy groups -OCH3 is 1. The third-order valence-corrected chi connectivity index (χ3v) is 7.29. The molecule has 164 valence electrons. The molecule has 1 amide bonds. The van der Waals surface area contributed by atoms with Crippen molar-refractivity contribution in [1.29, 1.82) is 0 Å². The van der Waals surface area contributed by atoms with Gasteiger partial charge in [-0.15, -0.1) is 0 Å². The van der Waals surface area contributed by atoms with E-state index >= 15 is 0 Å². The summed E-state index contributed by atoms with van der Waals surface area (Å²) in [5, 5.41) is 3.25. The molecule has 0 aliphatic carbocycles. The Morgan fingerprint density at radius 1 is 1.29 bits per heavy atom. The van der Waals surface area contributed by atoms with Crippen LogP contribution in [-0.2, 0) is 14.3 Å². The van der Waals surface area contributed by atoms with Gasteiger partial charge in [0, 0.05) is 23.3 Å². The second kappa shape index (κ2) is 9.09. The molecule has 8 heteroatoms. The first kappa shape index (κ1) is 22.0. The fourth-order valence-electron chi connectivity index (χ4n) is 4.46. The Bertz CT molecular complexity index is 1000. The summed E-state index contributed by atoms with van der Waals surface area (Å²) in [5.74, 6) is -0.346. The van der Waals surface area contributed by atoms with Crippen molar-refractivity contribution in [1.82, 2.24) is 9.80 Å². The first-order valence-electron chi connectivity index (χ1n) is 10.5. The number of benzene rings is 1. The number of nitrogens with zero attached hydrogens (tertiary/aromatic N) is 3. The van der Waals surface area contributed by atoms with Crippen LogP contribution in [0.5, 0.6) is 0 Å². The van der Waals surface area contributed by atoms with E-state index in [1.165, 1.54) is 18.9 Å². The maximum atomic E-state index is 13.2. The van der Waals surface area contributed by atoms with Crippen LogP contribution in [0.3, 0.4) is 0 Å². The van der Waals surface area contributed by atoms with Crippen molar-refractivity contribution < 1.29 is 14.3 Å². The third kappa shape index (κ3) is 4.13. The van der Waals surface area contributed by atoms with Crippen LogP contribution in [0.25, 0.3) is 0 Å². The van der Waals surface area contributed by atoms with Crippen molar-refractivity contribution >= 4 is 40.4 Å². The van der Waals surface area contributed by atoms with Crippen molar-refractivity contribution in [3.05, 3.63) is 57.2 Å². The quantitative estimate of drug-likeness (QED) is 0.600. The maximum absolute atomic E-state index is 13.2. The van der Waals surface area contributed by atoms with Crippen LogP contribution in [0, 0.1) is 0 Å². The Morgan fingerprint density at radius 2 is 2.06 bits per heavy atom. The van der Waals surface area contributed by atoms with E-state index in [0.717, 1.165) is 42.2 Å². The van der Waals surface area contributed by atoms with Crippen LogP contribution in [0.4, 0.5) is 0 Å². The monoisotopic (exact) mass is 459 g/mol. The summed E-state index contributed by atoms with van der Waals surface area (Å²) in [6, 6.07) is 7.21. The molecule has 1 fully saturated rings. The molecule has 0 unspecified atom stereocenters. The molecule has 6 nitrogen and oxygen atoms in total. The van der Waals surface area contributed by atoms with E-state index in [1.807, 2.05) is 33.4 Å². The van der Waals surface area contributed by atoms with Gasteiger partial charge in [0.25, 0.3) is 0 Å². The van der Waals surface area contributed by atoms with Crippen LogP contribution in [0.15, 0.2) is 51.6 Å². The number of aliphatic imine (C=N–C) groups is 1. The van der Waals surface area contributed by atoms with Crippen molar-refractivity contribution in [2.24, 2.45) is 4.99 Å². The zero-order valence-electron chi connectivity index (χ0n) is 17.9. The molecular weight excluding hydrogens is 434 g/mol. The highest BCUT2D eigenvalue weighted by atomic mass is 35.5.